The lowest BCUT2D eigenvalue weighted by Crippen LogP contribution is -2.03. The van der Waals surface area contributed by atoms with Crippen LogP contribution in [0.5, 0.6) is 0 Å². The van der Waals surface area contributed by atoms with E-state index in [9.17, 15) is 0 Å². The van der Waals surface area contributed by atoms with Crippen molar-refractivity contribution >= 4 is 27.9 Å². The summed E-state index contributed by atoms with van der Waals surface area (Å²) < 4.78 is 2.15. The number of nitrogens with zero attached hydrogens (tertiary/aromatic N) is 2. The lowest BCUT2D eigenvalue weighted by molar-refractivity contribution is 0.973. The second-order valence-electron chi connectivity index (χ2n) is 5.22. The van der Waals surface area contributed by atoms with Crippen LogP contribution in [0.2, 0.25) is 5.02 Å². The topological polar surface area (TPSA) is 43.3 Å². The minimum absolute atomic E-state index is 0.433. The van der Waals surface area contributed by atoms with Crippen LogP contribution in [0.25, 0.3) is 27.5 Å². The van der Waals surface area contributed by atoms with Crippen molar-refractivity contribution in [3.05, 3.63) is 70.7 Å². The molecule has 0 aliphatic heterocycles. The minimum Gasteiger partial charge on any atom is -0.325 e. The Morgan fingerprint density at radius 1 is 1.00 bits per heavy atom. The summed E-state index contributed by atoms with van der Waals surface area (Å²) in [5, 5.41) is 2.84. The quantitative estimate of drug-likeness (QED) is 0.580. The molecule has 0 fully saturated rings. The lowest BCUT2D eigenvalue weighted by Gasteiger charge is -2.05. The summed E-state index contributed by atoms with van der Waals surface area (Å²) in [6, 6.07) is 18.0. The molecule has 0 unspecified atom stereocenters. The first-order chi connectivity index (χ1) is 11.3. The molecule has 0 atom stereocenters. The number of nitrogens with two attached hydrogens (primary N) is 1. The predicted octanol–water partition coefficient (Wildman–Crippen LogP) is 4.84. The second-order valence-corrected chi connectivity index (χ2v) is 6.50. The van der Waals surface area contributed by atoms with Gasteiger partial charge in [-0.15, -0.1) is 11.3 Å². The van der Waals surface area contributed by atoms with Crippen molar-refractivity contribution in [2.45, 2.75) is 6.54 Å². The Morgan fingerprint density at radius 3 is 2.43 bits per heavy atom. The Bertz CT molecular complexity index is 955. The van der Waals surface area contributed by atoms with Crippen molar-refractivity contribution in [1.29, 1.82) is 0 Å². The van der Waals surface area contributed by atoms with Gasteiger partial charge in [-0.1, -0.05) is 54.1 Å². The Hall–Kier alpha value is -2.14. The zero-order chi connectivity index (χ0) is 15.8. The van der Waals surface area contributed by atoms with Gasteiger partial charge in [0.05, 0.1) is 17.1 Å². The third kappa shape index (κ3) is 2.45. The Labute approximate surface area is 143 Å². The fourth-order valence-corrected chi connectivity index (χ4v) is 3.80. The summed E-state index contributed by atoms with van der Waals surface area (Å²) >= 11 is 7.62. The molecule has 4 aromatic rings. The number of fused-ring (bicyclic) bond motifs is 1. The average Bonchev–Trinajstić information content (AvgIpc) is 3.15. The predicted molar refractivity (Wildman–Crippen MR) is 96.8 cm³/mol. The first-order valence-corrected chi connectivity index (χ1v) is 8.54. The number of rotatable bonds is 3. The fourth-order valence-electron chi connectivity index (χ4n) is 2.75. The smallest absolute Gasteiger partial charge is 0.195 e. The number of aromatic nitrogens is 2. The molecule has 0 saturated heterocycles. The Balaban J connectivity index is 1.95. The molecule has 0 saturated carbocycles. The summed E-state index contributed by atoms with van der Waals surface area (Å²) in [5.74, 6) is 0. The van der Waals surface area contributed by atoms with Crippen LogP contribution >= 0.6 is 22.9 Å². The van der Waals surface area contributed by atoms with Crippen LogP contribution in [-0.4, -0.2) is 9.38 Å². The maximum atomic E-state index is 6.05. The molecule has 2 heterocycles. The van der Waals surface area contributed by atoms with Gasteiger partial charge in [-0.3, -0.25) is 4.40 Å². The van der Waals surface area contributed by atoms with Gasteiger partial charge in [0, 0.05) is 22.5 Å². The first kappa shape index (κ1) is 14.5. The molecule has 5 heteroatoms. The molecule has 0 amide bonds. The van der Waals surface area contributed by atoms with Crippen molar-refractivity contribution in [2.24, 2.45) is 5.73 Å². The SMILES string of the molecule is NCc1c(-c2ccccc2)nc2scc(-c3ccc(Cl)cc3)n12. The highest BCUT2D eigenvalue weighted by Gasteiger charge is 2.17. The largest absolute Gasteiger partial charge is 0.325 e. The molecule has 2 aromatic carbocycles. The standard InChI is InChI=1S/C18H14ClN3S/c19-14-8-6-12(7-9-14)16-11-23-18-21-17(15(10-20)22(16)18)13-4-2-1-3-5-13/h1-9,11H,10,20H2. The van der Waals surface area contributed by atoms with E-state index in [4.69, 9.17) is 22.3 Å². The van der Waals surface area contributed by atoms with Gasteiger partial charge >= 0.3 is 0 Å². The molecule has 2 aromatic heterocycles. The second kappa shape index (κ2) is 5.81. The van der Waals surface area contributed by atoms with Gasteiger partial charge in [0.25, 0.3) is 0 Å². The van der Waals surface area contributed by atoms with E-state index in [-0.39, 0.29) is 0 Å². The van der Waals surface area contributed by atoms with Gasteiger partial charge in [0.1, 0.15) is 0 Å². The molecular formula is C18H14ClN3S. The molecule has 2 N–H and O–H groups in total. The molecular weight excluding hydrogens is 326 g/mol. The zero-order valence-electron chi connectivity index (χ0n) is 12.2. The van der Waals surface area contributed by atoms with Gasteiger partial charge in [-0.2, -0.15) is 0 Å². The summed E-state index contributed by atoms with van der Waals surface area (Å²) in [6.07, 6.45) is 0. The number of imidazole rings is 1. The van der Waals surface area contributed by atoms with Crippen molar-refractivity contribution in [1.82, 2.24) is 9.38 Å². The molecule has 0 aliphatic carbocycles. The molecule has 4 rings (SSSR count). The van der Waals surface area contributed by atoms with E-state index in [2.05, 4.69) is 21.9 Å². The maximum absolute atomic E-state index is 6.05. The van der Waals surface area contributed by atoms with Crippen molar-refractivity contribution in [3.63, 3.8) is 0 Å². The number of halogens is 1. The maximum Gasteiger partial charge on any atom is 0.195 e. The molecule has 0 bridgehead atoms. The molecule has 3 nitrogen and oxygen atoms in total. The number of hydrogen-bond donors (Lipinski definition) is 1. The third-order valence-corrected chi connectivity index (χ3v) is 4.92. The van der Waals surface area contributed by atoms with Crippen molar-refractivity contribution in [3.8, 4) is 22.5 Å². The van der Waals surface area contributed by atoms with Crippen molar-refractivity contribution in [2.75, 3.05) is 0 Å². The lowest BCUT2D eigenvalue weighted by atomic mass is 10.1. The van der Waals surface area contributed by atoms with E-state index >= 15 is 0 Å². The van der Waals surface area contributed by atoms with Gasteiger partial charge in [-0.25, -0.2) is 4.98 Å². The highest BCUT2D eigenvalue weighted by molar-refractivity contribution is 7.15. The van der Waals surface area contributed by atoms with Crippen LogP contribution < -0.4 is 5.73 Å². The summed E-state index contributed by atoms with van der Waals surface area (Å²) in [7, 11) is 0. The normalized spacial score (nSPS) is 11.2. The molecule has 0 aliphatic rings. The van der Waals surface area contributed by atoms with E-state index in [0.717, 1.165) is 38.2 Å². The van der Waals surface area contributed by atoms with Crippen LogP contribution in [0.1, 0.15) is 5.69 Å². The fraction of sp³-hybridized carbons (Fsp3) is 0.0556. The van der Waals surface area contributed by atoms with Crippen LogP contribution in [0, 0.1) is 0 Å². The average molecular weight is 340 g/mol. The first-order valence-electron chi connectivity index (χ1n) is 7.28. The monoisotopic (exact) mass is 339 g/mol. The third-order valence-electron chi connectivity index (χ3n) is 3.84. The van der Waals surface area contributed by atoms with Crippen LogP contribution in [0.3, 0.4) is 0 Å². The van der Waals surface area contributed by atoms with E-state index < -0.39 is 0 Å². The van der Waals surface area contributed by atoms with Crippen LogP contribution in [0.4, 0.5) is 0 Å². The Kier molecular flexibility index (Phi) is 3.65. The summed E-state index contributed by atoms with van der Waals surface area (Å²) in [6.45, 7) is 0.433. The number of hydrogen-bond acceptors (Lipinski definition) is 3. The minimum atomic E-state index is 0.433. The van der Waals surface area contributed by atoms with E-state index in [1.807, 2.05) is 42.5 Å². The number of benzene rings is 2. The van der Waals surface area contributed by atoms with E-state index in [1.54, 1.807) is 11.3 Å². The van der Waals surface area contributed by atoms with Gasteiger partial charge in [0.15, 0.2) is 4.96 Å². The summed E-state index contributed by atoms with van der Waals surface area (Å²) in [5.41, 5.74) is 11.3. The molecule has 114 valence electrons. The molecule has 23 heavy (non-hydrogen) atoms. The van der Waals surface area contributed by atoms with Gasteiger partial charge in [-0.05, 0) is 17.7 Å². The van der Waals surface area contributed by atoms with Crippen LogP contribution in [0.15, 0.2) is 60.0 Å². The highest BCUT2D eigenvalue weighted by Crippen LogP contribution is 2.33. The molecule has 0 radical (unpaired) electrons. The summed E-state index contributed by atoms with van der Waals surface area (Å²) in [4.78, 5) is 5.75. The zero-order valence-corrected chi connectivity index (χ0v) is 13.8. The van der Waals surface area contributed by atoms with Gasteiger partial charge < -0.3 is 5.73 Å². The van der Waals surface area contributed by atoms with Crippen molar-refractivity contribution < 1.29 is 0 Å². The molecule has 0 spiro atoms. The van der Waals surface area contributed by atoms with Gasteiger partial charge in [0.2, 0.25) is 0 Å². The van der Waals surface area contributed by atoms with E-state index in [0.29, 0.717) is 6.54 Å². The van der Waals surface area contributed by atoms with E-state index in [1.165, 1.54) is 0 Å². The number of thiazole rings is 1. The highest BCUT2D eigenvalue weighted by atomic mass is 35.5. The van der Waals surface area contributed by atoms with Crippen LogP contribution in [-0.2, 0) is 6.54 Å². The Morgan fingerprint density at radius 2 is 1.74 bits per heavy atom.